The zero-order valence-corrected chi connectivity index (χ0v) is 29.9. The normalized spacial score (nSPS) is 12.0. The Kier molecular flexibility index (Phi) is 36.3. The molecule has 1 atom stereocenters. The minimum atomic E-state index is -0.531. The van der Waals surface area contributed by atoms with Gasteiger partial charge in [0.15, 0.2) is 0 Å². The molecule has 45 heavy (non-hydrogen) atoms. The first-order valence-corrected chi connectivity index (χ1v) is 19.4. The van der Waals surface area contributed by atoms with E-state index in [9.17, 15) is 9.59 Å². The summed E-state index contributed by atoms with van der Waals surface area (Å²) in [7, 11) is 0. The molecule has 0 aliphatic carbocycles. The maximum absolute atomic E-state index is 12.5. The van der Waals surface area contributed by atoms with Gasteiger partial charge in [-0.05, 0) is 12.8 Å². The smallest absolute Gasteiger partial charge is 0.306 e. The maximum atomic E-state index is 12.5. The minimum absolute atomic E-state index is 0.0574. The van der Waals surface area contributed by atoms with Crippen molar-refractivity contribution >= 4 is 11.9 Å². The predicted molar refractivity (Wildman–Crippen MR) is 187 cm³/mol. The number of carbonyl (C=O) groups is 2. The van der Waals surface area contributed by atoms with Gasteiger partial charge in [-0.3, -0.25) is 9.59 Å². The van der Waals surface area contributed by atoms with Crippen LogP contribution < -0.4 is 5.73 Å². The summed E-state index contributed by atoms with van der Waals surface area (Å²) in [6, 6.07) is 0. The van der Waals surface area contributed by atoms with Gasteiger partial charge in [0.05, 0.1) is 13.2 Å². The zero-order chi connectivity index (χ0) is 32.9. The third-order valence-corrected chi connectivity index (χ3v) is 8.50. The third kappa shape index (κ3) is 35.5. The molecule has 7 nitrogen and oxygen atoms in total. The van der Waals surface area contributed by atoms with Crippen LogP contribution in [0.5, 0.6) is 0 Å². The Morgan fingerprint density at radius 1 is 0.489 bits per heavy atom. The van der Waals surface area contributed by atoms with Gasteiger partial charge in [0.1, 0.15) is 12.7 Å². The van der Waals surface area contributed by atoms with Gasteiger partial charge in [0.2, 0.25) is 0 Å². The largest absolute Gasteiger partial charge is 0.462 e. The number of rotatable bonds is 37. The highest BCUT2D eigenvalue weighted by molar-refractivity contribution is 5.70. The summed E-state index contributed by atoms with van der Waals surface area (Å²) in [5.41, 5.74) is 5.42. The lowest BCUT2D eigenvalue weighted by molar-refractivity contribution is -0.295. The molecule has 7 heteroatoms. The van der Waals surface area contributed by atoms with Crippen molar-refractivity contribution in [3.63, 3.8) is 0 Å². The first-order chi connectivity index (χ1) is 22.1. The fourth-order valence-corrected chi connectivity index (χ4v) is 5.60. The summed E-state index contributed by atoms with van der Waals surface area (Å²) in [6.07, 6.45) is 33.7. The van der Waals surface area contributed by atoms with E-state index < -0.39 is 6.10 Å². The molecule has 1 unspecified atom stereocenters. The van der Waals surface area contributed by atoms with Crippen molar-refractivity contribution in [2.75, 3.05) is 26.4 Å². The summed E-state index contributed by atoms with van der Waals surface area (Å²) in [5.74, 6) is -0.464. The highest BCUT2D eigenvalue weighted by Gasteiger charge is 2.17. The van der Waals surface area contributed by atoms with E-state index in [1.54, 1.807) is 0 Å². The Balaban J connectivity index is 3.95. The molecule has 0 saturated carbocycles. The molecule has 0 saturated heterocycles. The van der Waals surface area contributed by atoms with Crippen LogP contribution in [0.2, 0.25) is 0 Å². The van der Waals surface area contributed by atoms with Gasteiger partial charge in [-0.25, -0.2) is 9.78 Å². The topological polar surface area (TPSA) is 97.1 Å². The van der Waals surface area contributed by atoms with Crippen LogP contribution in [-0.2, 0) is 28.8 Å². The van der Waals surface area contributed by atoms with Crippen molar-refractivity contribution in [1.82, 2.24) is 0 Å². The van der Waals surface area contributed by atoms with Crippen LogP contribution in [0.25, 0.3) is 0 Å². The maximum Gasteiger partial charge on any atom is 0.306 e. The van der Waals surface area contributed by atoms with Crippen LogP contribution >= 0.6 is 0 Å². The van der Waals surface area contributed by atoms with Crippen molar-refractivity contribution in [1.29, 1.82) is 0 Å². The number of hydrogen-bond acceptors (Lipinski definition) is 7. The van der Waals surface area contributed by atoms with E-state index in [1.807, 2.05) is 0 Å². The van der Waals surface area contributed by atoms with E-state index in [4.69, 9.17) is 25.0 Å². The van der Waals surface area contributed by atoms with E-state index in [0.717, 1.165) is 32.1 Å². The molecule has 0 spiro atoms. The molecule has 0 aromatic carbocycles. The molecule has 0 heterocycles. The lowest BCUT2D eigenvalue weighted by Gasteiger charge is -2.18. The Bertz CT molecular complexity index is 617. The van der Waals surface area contributed by atoms with E-state index in [2.05, 4.69) is 13.8 Å². The Morgan fingerprint density at radius 3 is 1.24 bits per heavy atom. The summed E-state index contributed by atoms with van der Waals surface area (Å²) in [4.78, 5) is 34.9. The first kappa shape index (κ1) is 43.8. The van der Waals surface area contributed by atoms with Crippen molar-refractivity contribution in [2.45, 2.75) is 206 Å². The van der Waals surface area contributed by atoms with Crippen LogP contribution in [-0.4, -0.2) is 44.4 Å². The van der Waals surface area contributed by atoms with Crippen LogP contribution in [0, 0.1) is 0 Å². The fourth-order valence-electron chi connectivity index (χ4n) is 5.60. The SMILES string of the molecule is CCCCCCCCCCCCCCCC(=O)OCC(CCOOCCN)OC(=O)CCCCCCCCCCCCCCC. The second kappa shape index (κ2) is 37.3. The summed E-state index contributed by atoms with van der Waals surface area (Å²) in [6.45, 7) is 5.50. The number of unbranched alkanes of at least 4 members (excludes halogenated alkanes) is 24. The molecule has 0 aromatic rings. The number of ether oxygens (including phenoxy) is 2. The fraction of sp³-hybridized carbons (Fsp3) is 0.947. The molecular formula is C38H75NO6. The van der Waals surface area contributed by atoms with Crippen molar-refractivity contribution < 1.29 is 28.8 Å². The van der Waals surface area contributed by atoms with Crippen molar-refractivity contribution in [3.8, 4) is 0 Å². The molecule has 0 radical (unpaired) electrons. The molecule has 0 aliphatic heterocycles. The lowest BCUT2D eigenvalue weighted by atomic mass is 10.0. The monoisotopic (exact) mass is 642 g/mol. The second-order valence-electron chi connectivity index (χ2n) is 13.0. The molecule has 2 N–H and O–H groups in total. The van der Waals surface area contributed by atoms with Gasteiger partial charge < -0.3 is 15.2 Å². The van der Waals surface area contributed by atoms with Gasteiger partial charge in [0.25, 0.3) is 0 Å². The molecule has 268 valence electrons. The van der Waals surface area contributed by atoms with Crippen LogP contribution in [0.15, 0.2) is 0 Å². The second-order valence-corrected chi connectivity index (χ2v) is 13.0. The Labute approximate surface area is 278 Å². The number of nitrogens with two attached hydrogens (primary N) is 1. The third-order valence-electron chi connectivity index (χ3n) is 8.50. The Hall–Kier alpha value is -1.18. The highest BCUT2D eigenvalue weighted by atomic mass is 17.2. The predicted octanol–water partition coefficient (Wildman–Crippen LogP) is 10.7. The molecular weight excluding hydrogens is 566 g/mol. The molecule has 0 rings (SSSR count). The Morgan fingerprint density at radius 2 is 0.844 bits per heavy atom. The van der Waals surface area contributed by atoms with Crippen molar-refractivity contribution in [2.24, 2.45) is 5.73 Å². The van der Waals surface area contributed by atoms with Gasteiger partial charge >= 0.3 is 11.9 Å². The number of hydrogen-bond donors (Lipinski definition) is 1. The lowest BCUT2D eigenvalue weighted by Crippen LogP contribution is -2.27. The van der Waals surface area contributed by atoms with Crippen molar-refractivity contribution in [3.05, 3.63) is 0 Å². The molecule has 0 amide bonds. The first-order valence-electron chi connectivity index (χ1n) is 19.4. The van der Waals surface area contributed by atoms with Gasteiger partial charge in [-0.1, -0.05) is 168 Å². The highest BCUT2D eigenvalue weighted by Crippen LogP contribution is 2.15. The van der Waals surface area contributed by atoms with E-state index in [-0.39, 0.29) is 25.2 Å². The zero-order valence-electron chi connectivity index (χ0n) is 29.9. The average Bonchev–Trinajstić information content (AvgIpc) is 3.04. The summed E-state index contributed by atoms with van der Waals surface area (Å²) >= 11 is 0. The molecule has 0 fully saturated rings. The molecule has 0 aliphatic rings. The van der Waals surface area contributed by atoms with E-state index >= 15 is 0 Å². The molecule has 0 aromatic heterocycles. The summed E-state index contributed by atoms with van der Waals surface area (Å²) < 4.78 is 11.1. The van der Waals surface area contributed by atoms with Gasteiger partial charge in [-0.2, -0.15) is 0 Å². The standard InChI is InChI=1S/C38H75NO6/c1-3-5-7-9-11-13-15-17-19-21-23-25-27-29-37(40)42-35-36(31-33-43-44-34-32-39)45-38(41)30-28-26-24-22-20-18-16-14-12-10-8-6-4-2/h36H,3-35,39H2,1-2H3. The van der Waals surface area contributed by atoms with Crippen LogP contribution in [0.1, 0.15) is 200 Å². The minimum Gasteiger partial charge on any atom is -0.462 e. The van der Waals surface area contributed by atoms with E-state index in [1.165, 1.54) is 135 Å². The van der Waals surface area contributed by atoms with Gasteiger partial charge in [0, 0.05) is 25.8 Å². The number of esters is 2. The van der Waals surface area contributed by atoms with Gasteiger partial charge in [-0.15, -0.1) is 0 Å². The van der Waals surface area contributed by atoms with Crippen LogP contribution in [0.3, 0.4) is 0 Å². The quantitative estimate of drug-likeness (QED) is 0.0312. The van der Waals surface area contributed by atoms with E-state index in [0.29, 0.717) is 32.4 Å². The molecule has 0 bridgehead atoms. The average molecular weight is 642 g/mol. The van der Waals surface area contributed by atoms with Crippen LogP contribution in [0.4, 0.5) is 0 Å². The summed E-state index contributed by atoms with van der Waals surface area (Å²) in [5, 5.41) is 0. The number of carbonyl (C=O) groups excluding carboxylic acids is 2.